The fourth-order valence-electron chi connectivity index (χ4n) is 2.64. The van der Waals surface area contributed by atoms with Gasteiger partial charge in [-0.15, -0.1) is 10.2 Å². The average Bonchev–Trinajstić information content (AvgIpc) is 3.14. The second-order valence-electron chi connectivity index (χ2n) is 6.66. The summed E-state index contributed by atoms with van der Waals surface area (Å²) in [5.74, 6) is -0.295. The van der Waals surface area contributed by atoms with Crippen LogP contribution in [0.4, 0.5) is 5.13 Å². The molecule has 0 spiro atoms. The fourth-order valence-corrected chi connectivity index (χ4v) is 3.39. The first kappa shape index (κ1) is 21.0. The number of rotatable bonds is 10. The first-order chi connectivity index (χ1) is 13.0. The minimum absolute atomic E-state index is 0.0293. The van der Waals surface area contributed by atoms with Crippen LogP contribution in [-0.4, -0.2) is 28.1 Å². The molecule has 146 valence electrons. The van der Waals surface area contributed by atoms with Crippen molar-refractivity contribution in [1.82, 2.24) is 15.5 Å². The standard InChI is InChI=1S/C20H28N4O2S/c1-4-6-8-13-16(25)21-17(14(3)5-2)18(26)22-20-24-23-19(27-20)15-11-9-7-10-12-15/h7,9-12,14,17H,4-6,8,13H2,1-3H3,(H,21,25)(H,22,24,26). The van der Waals surface area contributed by atoms with E-state index >= 15 is 0 Å². The van der Waals surface area contributed by atoms with Gasteiger partial charge in [-0.1, -0.05) is 81.7 Å². The van der Waals surface area contributed by atoms with E-state index in [9.17, 15) is 9.59 Å². The molecule has 2 unspecified atom stereocenters. The molecule has 0 aliphatic heterocycles. The molecule has 0 fully saturated rings. The number of amides is 2. The van der Waals surface area contributed by atoms with Crippen molar-refractivity contribution in [3.63, 3.8) is 0 Å². The minimum Gasteiger partial charge on any atom is -0.344 e. The number of hydrogen-bond donors (Lipinski definition) is 2. The highest BCUT2D eigenvalue weighted by atomic mass is 32.1. The molecule has 0 aliphatic rings. The molecule has 0 saturated heterocycles. The van der Waals surface area contributed by atoms with Gasteiger partial charge in [-0.2, -0.15) is 0 Å². The molecule has 1 aromatic heterocycles. The highest BCUT2D eigenvalue weighted by molar-refractivity contribution is 7.18. The Hall–Kier alpha value is -2.28. The Labute approximate surface area is 164 Å². The summed E-state index contributed by atoms with van der Waals surface area (Å²) in [7, 11) is 0. The van der Waals surface area contributed by atoms with E-state index in [0.29, 0.717) is 11.6 Å². The number of carbonyl (C=O) groups excluding carboxylic acids is 2. The van der Waals surface area contributed by atoms with Crippen LogP contribution in [0.25, 0.3) is 10.6 Å². The van der Waals surface area contributed by atoms with Crippen molar-refractivity contribution in [3.8, 4) is 10.6 Å². The van der Waals surface area contributed by atoms with Crippen molar-refractivity contribution in [2.75, 3.05) is 5.32 Å². The minimum atomic E-state index is -0.576. The van der Waals surface area contributed by atoms with E-state index in [4.69, 9.17) is 0 Å². The molecule has 6 nitrogen and oxygen atoms in total. The summed E-state index contributed by atoms with van der Waals surface area (Å²) >= 11 is 1.32. The van der Waals surface area contributed by atoms with Crippen LogP contribution in [0.1, 0.15) is 52.9 Å². The number of unbranched alkanes of at least 4 members (excludes halogenated alkanes) is 2. The zero-order valence-corrected chi connectivity index (χ0v) is 17.0. The van der Waals surface area contributed by atoms with Gasteiger partial charge in [-0.3, -0.25) is 14.9 Å². The van der Waals surface area contributed by atoms with E-state index in [1.807, 2.05) is 44.2 Å². The predicted molar refractivity (Wildman–Crippen MR) is 110 cm³/mol. The summed E-state index contributed by atoms with van der Waals surface area (Å²) in [6.07, 6.45) is 4.15. The third kappa shape index (κ3) is 6.43. The maximum Gasteiger partial charge on any atom is 0.249 e. The van der Waals surface area contributed by atoms with E-state index in [-0.39, 0.29) is 17.7 Å². The zero-order valence-electron chi connectivity index (χ0n) is 16.2. The molecule has 2 rings (SSSR count). The molecule has 0 bridgehead atoms. The summed E-state index contributed by atoms with van der Waals surface area (Å²) in [5, 5.41) is 15.1. The first-order valence-corrected chi connectivity index (χ1v) is 10.4. The largest absolute Gasteiger partial charge is 0.344 e. The van der Waals surface area contributed by atoms with E-state index in [1.54, 1.807) is 0 Å². The van der Waals surface area contributed by atoms with E-state index in [0.717, 1.165) is 36.3 Å². The topological polar surface area (TPSA) is 84.0 Å². The van der Waals surface area contributed by atoms with Crippen molar-refractivity contribution in [3.05, 3.63) is 30.3 Å². The zero-order chi connectivity index (χ0) is 19.6. The molecule has 2 atom stereocenters. The van der Waals surface area contributed by atoms with Gasteiger partial charge >= 0.3 is 0 Å². The lowest BCUT2D eigenvalue weighted by atomic mass is 9.98. The molecule has 2 aromatic rings. The van der Waals surface area contributed by atoms with Crippen LogP contribution in [0.2, 0.25) is 0 Å². The molecular weight excluding hydrogens is 360 g/mol. The summed E-state index contributed by atoms with van der Waals surface area (Å²) in [6, 6.07) is 9.13. The van der Waals surface area contributed by atoms with Crippen LogP contribution in [0.3, 0.4) is 0 Å². The SMILES string of the molecule is CCCCCC(=O)NC(C(=O)Nc1nnc(-c2ccccc2)s1)C(C)CC. The van der Waals surface area contributed by atoms with Gasteiger partial charge in [-0.25, -0.2) is 0 Å². The molecule has 2 N–H and O–H groups in total. The first-order valence-electron chi connectivity index (χ1n) is 9.54. The van der Waals surface area contributed by atoms with Crippen molar-refractivity contribution >= 4 is 28.3 Å². The van der Waals surface area contributed by atoms with Crippen LogP contribution in [-0.2, 0) is 9.59 Å². The number of hydrogen-bond acceptors (Lipinski definition) is 5. The fraction of sp³-hybridized carbons (Fsp3) is 0.500. The van der Waals surface area contributed by atoms with E-state index in [1.165, 1.54) is 11.3 Å². The maximum absolute atomic E-state index is 12.7. The van der Waals surface area contributed by atoms with Crippen LogP contribution >= 0.6 is 11.3 Å². The van der Waals surface area contributed by atoms with Gasteiger partial charge < -0.3 is 5.32 Å². The van der Waals surface area contributed by atoms with Gasteiger partial charge in [0.05, 0.1) is 0 Å². The lowest BCUT2D eigenvalue weighted by Crippen LogP contribution is -2.47. The number of nitrogens with one attached hydrogen (secondary N) is 2. The van der Waals surface area contributed by atoms with Gasteiger partial charge in [0, 0.05) is 12.0 Å². The van der Waals surface area contributed by atoms with E-state index < -0.39 is 6.04 Å². The Morgan fingerprint density at radius 3 is 2.52 bits per heavy atom. The smallest absolute Gasteiger partial charge is 0.249 e. The summed E-state index contributed by atoms with van der Waals surface area (Å²) < 4.78 is 0. The molecule has 1 aromatic carbocycles. The van der Waals surface area contributed by atoms with Crippen molar-refractivity contribution in [2.24, 2.45) is 5.92 Å². The van der Waals surface area contributed by atoms with Crippen LogP contribution in [0.15, 0.2) is 30.3 Å². The summed E-state index contributed by atoms with van der Waals surface area (Å²) in [6.45, 7) is 6.07. The molecule has 0 saturated carbocycles. The van der Waals surface area contributed by atoms with Crippen molar-refractivity contribution in [1.29, 1.82) is 0 Å². The predicted octanol–water partition coefficient (Wildman–Crippen LogP) is 4.25. The maximum atomic E-state index is 12.7. The van der Waals surface area contributed by atoms with Gasteiger partial charge in [0.1, 0.15) is 11.0 Å². The number of anilines is 1. The van der Waals surface area contributed by atoms with Crippen LogP contribution in [0.5, 0.6) is 0 Å². The van der Waals surface area contributed by atoms with Crippen LogP contribution < -0.4 is 10.6 Å². The van der Waals surface area contributed by atoms with Gasteiger partial charge in [-0.05, 0) is 12.3 Å². The molecule has 27 heavy (non-hydrogen) atoms. The molecule has 7 heteroatoms. The van der Waals surface area contributed by atoms with Gasteiger partial charge in [0.25, 0.3) is 0 Å². The van der Waals surface area contributed by atoms with Crippen LogP contribution in [0, 0.1) is 5.92 Å². The molecule has 0 aliphatic carbocycles. The second-order valence-corrected chi connectivity index (χ2v) is 7.63. The third-order valence-corrected chi connectivity index (χ3v) is 5.38. The average molecular weight is 389 g/mol. The highest BCUT2D eigenvalue weighted by Gasteiger charge is 2.26. The lowest BCUT2D eigenvalue weighted by Gasteiger charge is -2.23. The molecular formula is C20H28N4O2S. The molecule has 0 radical (unpaired) electrons. The summed E-state index contributed by atoms with van der Waals surface area (Å²) in [5.41, 5.74) is 0.957. The third-order valence-electron chi connectivity index (χ3n) is 4.50. The highest BCUT2D eigenvalue weighted by Crippen LogP contribution is 2.26. The molecule has 2 amide bonds. The lowest BCUT2D eigenvalue weighted by molar-refractivity contribution is -0.127. The van der Waals surface area contributed by atoms with Gasteiger partial charge in [0.2, 0.25) is 16.9 Å². The Bertz CT molecular complexity index is 733. The Kier molecular flexibility index (Phi) is 8.39. The second kappa shape index (κ2) is 10.8. The number of carbonyl (C=O) groups is 2. The normalized spacial score (nSPS) is 13.0. The van der Waals surface area contributed by atoms with E-state index in [2.05, 4.69) is 27.8 Å². The number of nitrogens with zero attached hydrogens (tertiary/aromatic N) is 2. The monoisotopic (exact) mass is 388 g/mol. The van der Waals surface area contributed by atoms with Crippen molar-refractivity contribution < 1.29 is 9.59 Å². The van der Waals surface area contributed by atoms with Crippen molar-refractivity contribution in [2.45, 2.75) is 58.9 Å². The Balaban J connectivity index is 2.01. The molecule has 1 heterocycles. The number of aromatic nitrogens is 2. The Morgan fingerprint density at radius 1 is 1.11 bits per heavy atom. The quantitative estimate of drug-likeness (QED) is 0.596. The Morgan fingerprint density at radius 2 is 1.85 bits per heavy atom. The summed E-state index contributed by atoms with van der Waals surface area (Å²) in [4.78, 5) is 24.9. The number of benzene rings is 1. The van der Waals surface area contributed by atoms with Gasteiger partial charge in [0.15, 0.2) is 0 Å².